The first-order chi connectivity index (χ1) is 10.9. The van der Waals surface area contributed by atoms with Crippen LogP contribution in [-0.4, -0.2) is 31.9 Å². The fraction of sp³-hybridized carbons (Fsp3) is 0.278. The summed E-state index contributed by atoms with van der Waals surface area (Å²) in [5, 5.41) is 0.645. The van der Waals surface area contributed by atoms with Gasteiger partial charge in [0.15, 0.2) is 0 Å². The van der Waals surface area contributed by atoms with E-state index in [4.69, 9.17) is 11.6 Å². The smallest absolute Gasteiger partial charge is 0.127 e. The number of hydrogen-bond donors (Lipinski definition) is 0. The topological polar surface area (TPSA) is 18.8 Å². The fourth-order valence-corrected chi connectivity index (χ4v) is 2.38. The summed E-state index contributed by atoms with van der Waals surface area (Å²) in [5.74, 6) is -0.314. The monoisotopic (exact) mass is 333 g/mol. The Hall–Kier alpha value is -2.07. The van der Waals surface area contributed by atoms with E-state index in [2.05, 4.69) is 4.99 Å². The fourth-order valence-electron chi connectivity index (χ4n) is 2.20. The Morgan fingerprint density at radius 2 is 1.96 bits per heavy atom. The average Bonchev–Trinajstić information content (AvgIpc) is 2.54. The molecular weight excluding hydrogens is 313 g/mol. The van der Waals surface area contributed by atoms with Gasteiger partial charge >= 0.3 is 0 Å². The van der Waals surface area contributed by atoms with E-state index >= 15 is 0 Å². The quantitative estimate of drug-likeness (QED) is 0.555. The molecular formula is C18H21ClFN3. The van der Waals surface area contributed by atoms with E-state index in [0.29, 0.717) is 10.7 Å². The predicted molar refractivity (Wildman–Crippen MR) is 97.1 cm³/mol. The molecule has 0 N–H and O–H groups in total. The zero-order valence-electron chi connectivity index (χ0n) is 13.8. The lowest BCUT2D eigenvalue weighted by atomic mass is 10.1. The zero-order valence-corrected chi connectivity index (χ0v) is 14.6. The van der Waals surface area contributed by atoms with Crippen molar-refractivity contribution in [3.8, 4) is 0 Å². The van der Waals surface area contributed by atoms with Crippen LogP contribution < -0.4 is 4.90 Å². The van der Waals surface area contributed by atoms with Crippen LogP contribution in [0.4, 0.5) is 21.5 Å². The SMILES string of the molecule is CCN(C)/C=N\c1cc(F)cc(N(C)c2cccc(Cl)c2)c1C. The molecule has 122 valence electrons. The van der Waals surface area contributed by atoms with Crippen LogP contribution in [0, 0.1) is 12.7 Å². The van der Waals surface area contributed by atoms with Crippen molar-refractivity contribution in [2.45, 2.75) is 13.8 Å². The third-order valence-corrected chi connectivity index (χ3v) is 4.00. The molecule has 2 aromatic carbocycles. The number of nitrogens with zero attached hydrogens (tertiary/aromatic N) is 3. The Morgan fingerprint density at radius 1 is 1.22 bits per heavy atom. The molecule has 0 atom stereocenters. The Balaban J connectivity index is 2.43. The Morgan fingerprint density at radius 3 is 2.61 bits per heavy atom. The van der Waals surface area contributed by atoms with Crippen LogP contribution in [0.5, 0.6) is 0 Å². The lowest BCUT2D eigenvalue weighted by molar-refractivity contribution is 0.552. The first-order valence-corrected chi connectivity index (χ1v) is 7.84. The summed E-state index contributed by atoms with van der Waals surface area (Å²) >= 11 is 6.05. The molecule has 3 nitrogen and oxygen atoms in total. The first kappa shape index (κ1) is 17.3. The van der Waals surface area contributed by atoms with Gasteiger partial charge in [0.1, 0.15) is 5.82 Å². The molecule has 0 aliphatic carbocycles. The van der Waals surface area contributed by atoms with Gasteiger partial charge in [-0.05, 0) is 49.7 Å². The molecule has 0 heterocycles. The molecule has 0 aliphatic rings. The summed E-state index contributed by atoms with van der Waals surface area (Å²) in [6.45, 7) is 4.81. The second-order valence-corrected chi connectivity index (χ2v) is 5.86. The normalized spacial score (nSPS) is 11.0. The van der Waals surface area contributed by atoms with E-state index in [1.54, 1.807) is 6.34 Å². The Kier molecular flexibility index (Phi) is 5.61. The standard InChI is InChI=1S/C18H21ClFN3/c1-5-22(3)12-21-17-10-15(20)11-18(13(17)2)23(4)16-8-6-7-14(19)9-16/h6-12H,5H2,1-4H3/b21-12-. The van der Waals surface area contributed by atoms with Crippen molar-refractivity contribution in [1.29, 1.82) is 0 Å². The largest absolute Gasteiger partial charge is 0.366 e. The van der Waals surface area contributed by atoms with Gasteiger partial charge in [-0.2, -0.15) is 0 Å². The summed E-state index contributed by atoms with van der Waals surface area (Å²) in [6.07, 6.45) is 1.71. The third-order valence-electron chi connectivity index (χ3n) is 3.77. The van der Waals surface area contributed by atoms with Crippen LogP contribution >= 0.6 is 11.6 Å². The van der Waals surface area contributed by atoms with Crippen molar-refractivity contribution in [3.63, 3.8) is 0 Å². The van der Waals surface area contributed by atoms with E-state index in [1.807, 2.05) is 62.0 Å². The van der Waals surface area contributed by atoms with E-state index < -0.39 is 0 Å². The van der Waals surface area contributed by atoms with Gasteiger partial charge in [0, 0.05) is 37.0 Å². The summed E-state index contributed by atoms with van der Waals surface area (Å²) in [6, 6.07) is 10.4. The zero-order chi connectivity index (χ0) is 17.0. The molecule has 0 saturated carbocycles. The van der Waals surface area contributed by atoms with Crippen molar-refractivity contribution < 1.29 is 4.39 Å². The predicted octanol–water partition coefficient (Wildman–Crippen LogP) is 5.17. The van der Waals surface area contributed by atoms with Gasteiger partial charge in [-0.3, -0.25) is 0 Å². The minimum absolute atomic E-state index is 0.314. The lowest BCUT2D eigenvalue weighted by Crippen LogP contribution is -2.14. The molecule has 0 fully saturated rings. The van der Waals surface area contributed by atoms with E-state index in [0.717, 1.165) is 23.5 Å². The van der Waals surface area contributed by atoms with Crippen LogP contribution in [0.3, 0.4) is 0 Å². The molecule has 5 heteroatoms. The highest BCUT2D eigenvalue weighted by atomic mass is 35.5. The number of anilines is 2. The van der Waals surface area contributed by atoms with E-state index in [1.165, 1.54) is 12.1 Å². The maximum atomic E-state index is 14.0. The van der Waals surface area contributed by atoms with Crippen LogP contribution in [0.25, 0.3) is 0 Å². The molecule has 0 amide bonds. The van der Waals surface area contributed by atoms with Crippen molar-refractivity contribution in [3.05, 3.63) is 52.8 Å². The maximum Gasteiger partial charge on any atom is 0.127 e. The number of hydrogen-bond acceptors (Lipinski definition) is 2. The Bertz CT molecular complexity index is 715. The molecule has 2 rings (SSSR count). The van der Waals surface area contributed by atoms with Gasteiger partial charge in [-0.1, -0.05) is 17.7 Å². The summed E-state index contributed by atoms with van der Waals surface area (Å²) in [4.78, 5) is 8.24. The Labute approximate surface area is 142 Å². The maximum absolute atomic E-state index is 14.0. The summed E-state index contributed by atoms with van der Waals surface area (Å²) < 4.78 is 14.0. The van der Waals surface area contributed by atoms with Crippen molar-refractivity contribution in [2.75, 3.05) is 25.5 Å². The molecule has 0 spiro atoms. The molecule has 0 unspecified atom stereocenters. The number of halogens is 2. The molecule has 0 saturated heterocycles. The van der Waals surface area contributed by atoms with Gasteiger partial charge in [0.05, 0.1) is 12.0 Å². The summed E-state index contributed by atoms with van der Waals surface area (Å²) in [7, 11) is 3.82. The summed E-state index contributed by atoms with van der Waals surface area (Å²) in [5.41, 5.74) is 3.19. The lowest BCUT2D eigenvalue weighted by Gasteiger charge is -2.23. The van der Waals surface area contributed by atoms with Gasteiger partial charge in [0.25, 0.3) is 0 Å². The van der Waals surface area contributed by atoms with Gasteiger partial charge in [0.2, 0.25) is 0 Å². The van der Waals surface area contributed by atoms with E-state index in [9.17, 15) is 4.39 Å². The highest BCUT2D eigenvalue weighted by molar-refractivity contribution is 6.30. The van der Waals surface area contributed by atoms with Gasteiger partial charge < -0.3 is 9.80 Å². The number of benzene rings is 2. The minimum atomic E-state index is -0.314. The van der Waals surface area contributed by atoms with Crippen molar-refractivity contribution >= 4 is 35.0 Å². The van der Waals surface area contributed by atoms with E-state index in [-0.39, 0.29) is 5.82 Å². The van der Waals surface area contributed by atoms with Crippen LogP contribution in [0.2, 0.25) is 5.02 Å². The van der Waals surface area contributed by atoms with Crippen LogP contribution in [0.15, 0.2) is 41.4 Å². The molecule has 0 radical (unpaired) electrons. The van der Waals surface area contributed by atoms with Gasteiger partial charge in [-0.25, -0.2) is 9.38 Å². The molecule has 0 aromatic heterocycles. The first-order valence-electron chi connectivity index (χ1n) is 7.46. The highest BCUT2D eigenvalue weighted by Crippen LogP contribution is 2.34. The number of aliphatic imine (C=N–C) groups is 1. The highest BCUT2D eigenvalue weighted by Gasteiger charge is 2.12. The van der Waals surface area contributed by atoms with Crippen LogP contribution in [0.1, 0.15) is 12.5 Å². The van der Waals surface area contributed by atoms with Crippen LogP contribution in [-0.2, 0) is 0 Å². The molecule has 23 heavy (non-hydrogen) atoms. The average molecular weight is 334 g/mol. The second-order valence-electron chi connectivity index (χ2n) is 5.43. The molecule has 0 bridgehead atoms. The molecule has 2 aromatic rings. The third kappa shape index (κ3) is 4.23. The molecule has 0 aliphatic heterocycles. The second kappa shape index (κ2) is 7.47. The van der Waals surface area contributed by atoms with Crippen molar-refractivity contribution in [2.24, 2.45) is 4.99 Å². The number of rotatable bonds is 5. The van der Waals surface area contributed by atoms with Gasteiger partial charge in [-0.15, -0.1) is 0 Å². The van der Waals surface area contributed by atoms with Crippen molar-refractivity contribution in [1.82, 2.24) is 4.90 Å². The minimum Gasteiger partial charge on any atom is -0.366 e.